The van der Waals surface area contributed by atoms with Crippen LogP contribution in [0.4, 0.5) is 58.4 Å². The Labute approximate surface area is 379 Å². The molecule has 0 bridgehead atoms. The van der Waals surface area contributed by atoms with E-state index < -0.39 is 63.0 Å². The van der Waals surface area contributed by atoms with Gasteiger partial charge in [-0.3, -0.25) is 4.79 Å². The Hall–Kier alpha value is -6.62. The van der Waals surface area contributed by atoms with Gasteiger partial charge in [0.1, 0.15) is 6.15 Å². The van der Waals surface area contributed by atoms with E-state index in [9.17, 15) is 61.7 Å². The van der Waals surface area contributed by atoms with Crippen LogP contribution in [0, 0.1) is 0 Å². The molecule has 0 amide bonds. The Balaban J connectivity index is 0.000000244. The predicted molar refractivity (Wildman–Crippen MR) is 237 cm³/mol. The zero-order chi connectivity index (χ0) is 49.0. The quantitative estimate of drug-likeness (QED) is 0.0593. The maximum Gasteiger partial charge on any atom is 0.416 e. The van der Waals surface area contributed by atoms with E-state index in [0.29, 0.717) is 63.9 Å². The molecule has 3 nitrogen and oxygen atoms in total. The third-order valence-corrected chi connectivity index (χ3v) is 14.0. The van der Waals surface area contributed by atoms with Crippen molar-refractivity contribution in [3.8, 4) is 0 Å². The van der Waals surface area contributed by atoms with Gasteiger partial charge in [-0.2, -0.15) is 74.5 Å². The molecule has 7 rings (SSSR count). The van der Waals surface area contributed by atoms with E-state index in [2.05, 4.69) is 0 Å². The molecule has 0 heterocycles. The third-order valence-electron chi connectivity index (χ3n) is 11.2. The highest BCUT2D eigenvalue weighted by Crippen LogP contribution is 2.34. The Morgan fingerprint density at radius 3 is 0.925 bits per heavy atom. The van der Waals surface area contributed by atoms with Crippen LogP contribution in [-0.4, -0.2) is 31.8 Å². The molecule has 67 heavy (non-hydrogen) atoms. The number of carbonyl (C=O) groups is 1. The summed E-state index contributed by atoms with van der Waals surface area (Å²) in [5, 5.41) is 0. The number of benzene rings is 7. The Morgan fingerprint density at radius 1 is 0.418 bits per heavy atom. The van der Waals surface area contributed by atoms with Gasteiger partial charge in [-0.05, 0) is 48.5 Å². The lowest BCUT2D eigenvalue weighted by molar-refractivity contribution is -0.138. The second-order valence-electron chi connectivity index (χ2n) is 15.7. The van der Waals surface area contributed by atoms with E-state index in [1.54, 1.807) is 12.1 Å². The second-order valence-corrected chi connectivity index (χ2v) is 18.2. The molecule has 0 saturated carbocycles. The summed E-state index contributed by atoms with van der Waals surface area (Å²) < 4.78 is 174. The van der Waals surface area contributed by atoms with Crippen LogP contribution >= 0.6 is 0 Å². The summed E-state index contributed by atoms with van der Waals surface area (Å²) in [4.78, 5) is 16.2. The number of halogens is 12. The molecule has 0 spiro atoms. The first-order valence-electron chi connectivity index (χ1n) is 20.1. The Morgan fingerprint density at radius 2 is 0.687 bits per heavy atom. The normalized spacial score (nSPS) is 12.5. The number of carbonyl (C=O) groups excluding carboxylic acids is 1. The van der Waals surface area contributed by atoms with Gasteiger partial charge < -0.3 is 4.90 Å². The monoisotopic (exact) mass is 955 g/mol. The van der Waals surface area contributed by atoms with Gasteiger partial charge in [0.2, 0.25) is 5.78 Å². The largest absolute Gasteiger partial charge is 0.416 e. The SMILES string of the molecule is CN(C)c1ccc(C(=O)C[S+](=O)(c2ccccc2)c2ccccc2)cc1.FC(F)(F)c1ccc([B-](c2ccc(C(F)(F)F)cc2)(c2ccc(C(F)(F)F)cc2)c2ccc(C(F)(F)F)cc2)cc1. The molecule has 0 N–H and O–H groups in total. The summed E-state index contributed by atoms with van der Waals surface area (Å²) in [6.45, 7) is 0. The van der Waals surface area contributed by atoms with Crippen LogP contribution in [0.15, 0.2) is 192 Å². The summed E-state index contributed by atoms with van der Waals surface area (Å²) in [6.07, 6.45) is -22.0. The van der Waals surface area contributed by atoms with Gasteiger partial charge in [0, 0.05) is 25.3 Å². The minimum Gasteiger partial charge on any atom is -0.378 e. The second kappa shape index (κ2) is 19.3. The van der Waals surface area contributed by atoms with Crippen LogP contribution < -0.4 is 26.8 Å². The van der Waals surface area contributed by atoms with Crippen molar-refractivity contribution < 1.29 is 61.7 Å². The summed E-state index contributed by atoms with van der Waals surface area (Å²) in [6, 6.07) is 39.5. The first-order chi connectivity index (χ1) is 31.3. The average Bonchev–Trinajstić information content (AvgIpc) is 3.29. The van der Waals surface area contributed by atoms with Crippen molar-refractivity contribution in [3.63, 3.8) is 0 Å². The number of nitrogens with zero attached hydrogens (tertiary/aromatic N) is 1. The number of hydrogen-bond acceptors (Lipinski definition) is 3. The van der Waals surface area contributed by atoms with E-state index in [4.69, 9.17) is 0 Å². The summed E-state index contributed by atoms with van der Waals surface area (Å²) in [7, 11) is 1.23. The number of alkyl halides is 12. The van der Waals surface area contributed by atoms with Crippen molar-refractivity contribution >= 4 is 49.4 Å². The van der Waals surface area contributed by atoms with E-state index >= 15 is 0 Å². The molecule has 17 heteroatoms. The van der Waals surface area contributed by atoms with Crippen molar-refractivity contribution in [2.45, 2.75) is 34.5 Å². The molecule has 0 aliphatic heterocycles. The van der Waals surface area contributed by atoms with Gasteiger partial charge in [0.25, 0.3) is 0 Å². The highest BCUT2D eigenvalue weighted by Gasteiger charge is 2.39. The van der Waals surface area contributed by atoms with E-state index in [1.165, 1.54) is 0 Å². The number of ketones is 1. The van der Waals surface area contributed by atoms with Gasteiger partial charge in [-0.15, -0.1) is 0 Å². The predicted octanol–water partition coefficient (Wildman–Crippen LogP) is 11.7. The van der Waals surface area contributed by atoms with Crippen LogP contribution in [0.2, 0.25) is 0 Å². The molecule has 0 aliphatic carbocycles. The van der Waals surface area contributed by atoms with Gasteiger partial charge in [-0.1, -0.05) is 138 Å². The maximum atomic E-state index is 13.9. The fraction of sp³-hybridized carbons (Fsp3) is 0.140. The van der Waals surface area contributed by atoms with Crippen molar-refractivity contribution in [1.82, 2.24) is 0 Å². The van der Waals surface area contributed by atoms with Gasteiger partial charge in [0.15, 0.2) is 25.5 Å². The molecule has 0 aliphatic rings. The van der Waals surface area contributed by atoms with Gasteiger partial charge >= 0.3 is 24.7 Å². The van der Waals surface area contributed by atoms with Crippen LogP contribution in [0.25, 0.3) is 0 Å². The average molecular weight is 956 g/mol. The molecule has 7 aromatic rings. The van der Waals surface area contributed by atoms with Gasteiger partial charge in [-0.25, -0.2) is 0 Å². The van der Waals surface area contributed by atoms with Crippen molar-refractivity contribution in [1.29, 1.82) is 0 Å². The molecule has 0 unspecified atom stereocenters. The lowest BCUT2D eigenvalue weighted by Crippen LogP contribution is -2.74. The Bertz CT molecular complexity index is 2510. The van der Waals surface area contributed by atoms with E-state index in [0.717, 1.165) is 54.2 Å². The smallest absolute Gasteiger partial charge is 0.378 e. The molecule has 348 valence electrons. The minimum absolute atomic E-state index is 0.0114. The van der Waals surface area contributed by atoms with Crippen LogP contribution in [0.3, 0.4) is 0 Å². The van der Waals surface area contributed by atoms with Crippen molar-refractivity contribution in [3.05, 3.63) is 210 Å². The molecule has 0 saturated heterocycles. The minimum atomic E-state index is -4.77. The topological polar surface area (TPSA) is 37.4 Å². The molecule has 0 radical (unpaired) electrons. The lowest BCUT2D eigenvalue weighted by atomic mass is 9.13. The van der Waals surface area contributed by atoms with Crippen LogP contribution in [-0.2, 0) is 38.8 Å². The van der Waals surface area contributed by atoms with E-state index in [-0.39, 0.29) is 33.4 Å². The number of hydrogen-bond donors (Lipinski definition) is 0. The molecular weight excluding hydrogens is 917 g/mol. The summed E-state index contributed by atoms with van der Waals surface area (Å²) >= 11 is 0. The molecule has 0 atom stereocenters. The van der Waals surface area contributed by atoms with Crippen LogP contribution in [0.1, 0.15) is 32.6 Å². The van der Waals surface area contributed by atoms with Crippen molar-refractivity contribution in [2.24, 2.45) is 0 Å². The molecular formula is C50H38BF12NO2S. The first-order valence-corrected chi connectivity index (χ1v) is 21.9. The lowest BCUT2D eigenvalue weighted by Gasteiger charge is -2.44. The number of rotatable bonds is 10. The Kier molecular flexibility index (Phi) is 14.4. The molecule has 7 aromatic carbocycles. The standard InChI is InChI=1S/C28H16BF12.C22H22NO2S/c30-25(31,32)17-1-9-21(10-2-17)29(22-11-3-18(4-12-22)26(33,34)35,23-13-5-19(6-14-23)27(36,37)38)24-15-7-20(8-16-24)28(39,40)41;1-23(2)19-15-13-18(14-16-19)22(24)17-26(25,20-9-5-3-6-10-20)21-11-7-4-8-12-21/h1-16H;3-16H,17H2,1-2H3/q-1;+1. The maximum absolute atomic E-state index is 13.9. The fourth-order valence-corrected chi connectivity index (χ4v) is 10.1. The van der Waals surface area contributed by atoms with E-state index in [1.807, 2.05) is 91.8 Å². The third kappa shape index (κ3) is 11.2. The number of anilines is 1. The van der Waals surface area contributed by atoms with Gasteiger partial charge in [0.05, 0.1) is 22.3 Å². The first kappa shape index (κ1) is 49.8. The highest BCUT2D eigenvalue weighted by atomic mass is 32.2. The molecule has 0 aromatic heterocycles. The van der Waals surface area contributed by atoms with Crippen molar-refractivity contribution in [2.75, 3.05) is 24.7 Å². The fourth-order valence-electron chi connectivity index (χ4n) is 7.79. The zero-order valence-electron chi connectivity index (χ0n) is 35.3. The zero-order valence-corrected chi connectivity index (χ0v) is 36.1. The highest BCUT2D eigenvalue weighted by molar-refractivity contribution is 8.03. The number of Topliss-reactive ketones (excluding diaryl/α,β-unsaturated/α-hetero) is 1. The summed E-state index contributed by atoms with van der Waals surface area (Å²) in [5.41, 5.74) is -2.69. The summed E-state index contributed by atoms with van der Waals surface area (Å²) in [5.74, 6) is -0.157. The molecule has 0 fully saturated rings. The van der Waals surface area contributed by atoms with Crippen LogP contribution in [0.5, 0.6) is 0 Å².